The molecule has 0 aliphatic carbocycles. The lowest BCUT2D eigenvalue weighted by molar-refractivity contribution is -0.117. The molecule has 138 valence electrons. The predicted molar refractivity (Wildman–Crippen MR) is 94.4 cm³/mol. The van der Waals surface area contributed by atoms with Gasteiger partial charge in [-0.2, -0.15) is 4.80 Å². The van der Waals surface area contributed by atoms with Gasteiger partial charge in [-0.1, -0.05) is 12.1 Å². The maximum atomic E-state index is 13.4. The van der Waals surface area contributed by atoms with Gasteiger partial charge in [-0.25, -0.2) is 9.18 Å². The molecule has 0 spiro atoms. The Morgan fingerprint density at radius 3 is 2.74 bits per heavy atom. The van der Waals surface area contributed by atoms with Crippen LogP contribution in [0.2, 0.25) is 0 Å². The molecule has 1 amide bonds. The second-order valence-corrected chi connectivity index (χ2v) is 5.69. The van der Waals surface area contributed by atoms with Crippen molar-refractivity contribution in [3.05, 3.63) is 59.4 Å². The predicted octanol–water partition coefficient (Wildman–Crippen LogP) is 2.21. The minimum absolute atomic E-state index is 0.206. The van der Waals surface area contributed by atoms with Crippen molar-refractivity contribution in [2.45, 2.75) is 13.5 Å². The number of tetrazole rings is 1. The molecule has 1 N–H and O–H groups in total. The molecular weight excluding hydrogens is 353 g/mol. The van der Waals surface area contributed by atoms with Gasteiger partial charge in [0, 0.05) is 5.56 Å². The van der Waals surface area contributed by atoms with E-state index in [1.54, 1.807) is 37.3 Å². The van der Waals surface area contributed by atoms with Gasteiger partial charge in [0.05, 0.1) is 18.4 Å². The van der Waals surface area contributed by atoms with Gasteiger partial charge in [-0.3, -0.25) is 4.79 Å². The van der Waals surface area contributed by atoms with Crippen molar-refractivity contribution in [3.8, 4) is 11.4 Å². The molecule has 0 bridgehead atoms. The Bertz CT molecular complexity index is 1000. The van der Waals surface area contributed by atoms with E-state index in [9.17, 15) is 14.0 Å². The lowest BCUT2D eigenvalue weighted by atomic mass is 10.1. The summed E-state index contributed by atoms with van der Waals surface area (Å²) in [6, 6.07) is 10.9. The highest BCUT2D eigenvalue weighted by Crippen LogP contribution is 2.18. The van der Waals surface area contributed by atoms with E-state index in [1.165, 1.54) is 19.2 Å². The molecule has 0 aliphatic heterocycles. The van der Waals surface area contributed by atoms with Crippen LogP contribution in [0.25, 0.3) is 11.4 Å². The number of carbonyl (C=O) groups is 2. The lowest BCUT2D eigenvalue weighted by Gasteiger charge is -2.08. The first-order valence-electron chi connectivity index (χ1n) is 7.99. The van der Waals surface area contributed by atoms with Gasteiger partial charge < -0.3 is 10.1 Å². The summed E-state index contributed by atoms with van der Waals surface area (Å²) in [4.78, 5) is 25.1. The van der Waals surface area contributed by atoms with Gasteiger partial charge in [0.2, 0.25) is 11.7 Å². The van der Waals surface area contributed by atoms with Crippen LogP contribution < -0.4 is 5.32 Å². The third-order valence-electron chi connectivity index (χ3n) is 3.76. The summed E-state index contributed by atoms with van der Waals surface area (Å²) in [7, 11) is 1.26. The van der Waals surface area contributed by atoms with Gasteiger partial charge in [-0.15, -0.1) is 10.2 Å². The molecule has 0 atom stereocenters. The molecule has 1 heterocycles. The molecule has 3 rings (SSSR count). The van der Waals surface area contributed by atoms with E-state index >= 15 is 0 Å². The molecule has 27 heavy (non-hydrogen) atoms. The van der Waals surface area contributed by atoms with Crippen LogP contribution in [0, 0.1) is 12.7 Å². The zero-order valence-electron chi connectivity index (χ0n) is 14.6. The Morgan fingerprint density at radius 1 is 1.22 bits per heavy atom. The van der Waals surface area contributed by atoms with Gasteiger partial charge in [0.15, 0.2) is 0 Å². The van der Waals surface area contributed by atoms with E-state index in [0.717, 1.165) is 4.80 Å². The number of aryl methyl sites for hydroxylation is 1. The maximum Gasteiger partial charge on any atom is 0.339 e. The van der Waals surface area contributed by atoms with Crippen LogP contribution in [-0.4, -0.2) is 39.2 Å². The van der Waals surface area contributed by atoms with Crippen molar-refractivity contribution >= 4 is 17.6 Å². The molecule has 8 nitrogen and oxygen atoms in total. The number of nitrogens with zero attached hydrogens (tertiary/aromatic N) is 4. The summed E-state index contributed by atoms with van der Waals surface area (Å²) in [5, 5.41) is 14.5. The number of benzene rings is 2. The number of carbonyl (C=O) groups excluding carboxylic acids is 2. The summed E-state index contributed by atoms with van der Waals surface area (Å²) in [5.74, 6) is -1.04. The Hall–Kier alpha value is -3.62. The maximum absolute atomic E-state index is 13.4. The van der Waals surface area contributed by atoms with E-state index in [4.69, 9.17) is 4.74 Å². The highest BCUT2D eigenvalue weighted by Gasteiger charge is 2.15. The van der Waals surface area contributed by atoms with Crippen LogP contribution >= 0.6 is 0 Å². The van der Waals surface area contributed by atoms with Crippen molar-refractivity contribution in [1.29, 1.82) is 0 Å². The first kappa shape index (κ1) is 18.2. The zero-order chi connectivity index (χ0) is 19.4. The SMILES string of the molecule is COC(=O)c1ccccc1NC(=O)Cn1nnc(-c2ccc(F)c(C)c2)n1. The van der Waals surface area contributed by atoms with Crippen molar-refractivity contribution in [3.63, 3.8) is 0 Å². The number of rotatable bonds is 5. The van der Waals surface area contributed by atoms with Gasteiger partial charge >= 0.3 is 5.97 Å². The molecule has 0 radical (unpaired) electrons. The third-order valence-corrected chi connectivity index (χ3v) is 3.76. The van der Waals surface area contributed by atoms with E-state index in [0.29, 0.717) is 16.8 Å². The first-order chi connectivity index (χ1) is 13.0. The topological polar surface area (TPSA) is 99.0 Å². The van der Waals surface area contributed by atoms with E-state index in [2.05, 4.69) is 20.7 Å². The number of hydrogen-bond donors (Lipinski definition) is 1. The first-order valence-corrected chi connectivity index (χ1v) is 7.99. The van der Waals surface area contributed by atoms with Crippen LogP contribution in [0.1, 0.15) is 15.9 Å². The van der Waals surface area contributed by atoms with Crippen molar-refractivity contribution in [2.75, 3.05) is 12.4 Å². The standard InChI is InChI=1S/C18H16FN5O3/c1-11-9-12(7-8-14(11)19)17-21-23-24(22-17)10-16(25)20-15-6-4-3-5-13(15)18(26)27-2/h3-9H,10H2,1-2H3,(H,20,25). The number of para-hydroxylation sites is 1. The van der Waals surface area contributed by atoms with Crippen LogP contribution in [0.15, 0.2) is 42.5 Å². The molecule has 0 saturated carbocycles. The summed E-state index contributed by atoms with van der Waals surface area (Å²) >= 11 is 0. The zero-order valence-corrected chi connectivity index (χ0v) is 14.6. The van der Waals surface area contributed by atoms with Crippen LogP contribution in [-0.2, 0) is 16.1 Å². The number of aromatic nitrogens is 4. The van der Waals surface area contributed by atoms with Crippen LogP contribution in [0.5, 0.6) is 0 Å². The Kier molecular flexibility index (Phi) is 5.20. The molecule has 2 aromatic carbocycles. The van der Waals surface area contributed by atoms with Crippen molar-refractivity contribution in [1.82, 2.24) is 20.2 Å². The summed E-state index contributed by atoms with van der Waals surface area (Å²) < 4.78 is 18.1. The Morgan fingerprint density at radius 2 is 2.00 bits per heavy atom. The fourth-order valence-electron chi connectivity index (χ4n) is 2.41. The van der Waals surface area contributed by atoms with Crippen molar-refractivity contribution in [2.24, 2.45) is 0 Å². The number of nitrogens with one attached hydrogen (secondary N) is 1. The number of amides is 1. The quantitative estimate of drug-likeness (QED) is 0.693. The summed E-state index contributed by atoms with van der Waals surface area (Å²) in [5.41, 5.74) is 1.61. The molecule has 0 fully saturated rings. The number of esters is 1. The molecule has 9 heteroatoms. The lowest BCUT2D eigenvalue weighted by Crippen LogP contribution is -2.22. The Labute approximate surface area is 154 Å². The summed E-state index contributed by atoms with van der Waals surface area (Å²) in [6.45, 7) is 1.43. The second-order valence-electron chi connectivity index (χ2n) is 5.69. The van der Waals surface area contributed by atoms with Crippen LogP contribution in [0.3, 0.4) is 0 Å². The average Bonchev–Trinajstić information content (AvgIpc) is 3.12. The smallest absolute Gasteiger partial charge is 0.339 e. The number of halogens is 1. The highest BCUT2D eigenvalue weighted by atomic mass is 19.1. The average molecular weight is 369 g/mol. The minimum atomic E-state index is -0.557. The monoisotopic (exact) mass is 369 g/mol. The molecule has 0 unspecified atom stereocenters. The fraction of sp³-hybridized carbons (Fsp3) is 0.167. The van der Waals surface area contributed by atoms with Crippen molar-refractivity contribution < 1.29 is 18.7 Å². The fourth-order valence-corrected chi connectivity index (χ4v) is 2.41. The number of methoxy groups -OCH3 is 1. The highest BCUT2D eigenvalue weighted by molar-refractivity contribution is 6.01. The molecule has 0 aliphatic rings. The molecule has 0 saturated heterocycles. The Balaban J connectivity index is 1.72. The largest absolute Gasteiger partial charge is 0.465 e. The third kappa shape index (κ3) is 4.14. The molecule has 1 aromatic heterocycles. The van der Waals surface area contributed by atoms with Gasteiger partial charge in [0.1, 0.15) is 12.4 Å². The number of ether oxygens (including phenoxy) is 1. The second kappa shape index (κ2) is 7.73. The normalized spacial score (nSPS) is 10.5. The molecule has 3 aromatic rings. The summed E-state index contributed by atoms with van der Waals surface area (Å²) in [6.07, 6.45) is 0. The number of anilines is 1. The minimum Gasteiger partial charge on any atom is -0.465 e. The van der Waals surface area contributed by atoms with E-state index in [1.807, 2.05) is 0 Å². The van der Waals surface area contributed by atoms with E-state index < -0.39 is 11.9 Å². The van der Waals surface area contributed by atoms with Crippen LogP contribution in [0.4, 0.5) is 10.1 Å². The molecular formula is C18H16FN5O3. The van der Waals surface area contributed by atoms with E-state index in [-0.39, 0.29) is 23.7 Å². The van der Waals surface area contributed by atoms with Gasteiger partial charge in [-0.05, 0) is 48.0 Å². The van der Waals surface area contributed by atoms with Gasteiger partial charge in [0.25, 0.3) is 0 Å². The number of hydrogen-bond acceptors (Lipinski definition) is 6.